The molecule has 2 atom stereocenters. The monoisotopic (exact) mass is 356 g/mol. The number of ether oxygens (including phenoxy) is 1. The van der Waals surface area contributed by atoms with Crippen molar-refractivity contribution in [2.45, 2.75) is 25.0 Å². The minimum absolute atomic E-state index is 0.247. The molecule has 0 spiro atoms. The van der Waals surface area contributed by atoms with Crippen LogP contribution in [0, 0.1) is 0 Å². The molecule has 7 nitrogen and oxygen atoms in total. The predicted molar refractivity (Wildman–Crippen MR) is 94.3 cm³/mol. The lowest BCUT2D eigenvalue weighted by Crippen LogP contribution is -2.38. The average molecular weight is 356 g/mol. The van der Waals surface area contributed by atoms with Gasteiger partial charge in [-0.3, -0.25) is 4.79 Å². The molecule has 1 aliphatic heterocycles. The van der Waals surface area contributed by atoms with E-state index in [-0.39, 0.29) is 6.42 Å². The standard InChI is InChI=1S/C10H8O4.C9H12N2O/c11-9(12)8-5-6-3-1-2-4-7(6)10(13)14-8;10-8(9(11)12)6-7-4-2-1-3-5-7/h1-4,8H,5H2,(H,11,12);1-5,8H,6,10H2,(H2,11,12)/t2*8-/m01/s1. The van der Waals surface area contributed by atoms with Crippen molar-refractivity contribution in [2.75, 3.05) is 0 Å². The summed E-state index contributed by atoms with van der Waals surface area (Å²) in [7, 11) is 0. The molecule has 0 radical (unpaired) electrons. The Balaban J connectivity index is 0.000000190. The van der Waals surface area contributed by atoms with Crippen LogP contribution in [-0.2, 0) is 27.2 Å². The quantitative estimate of drug-likeness (QED) is 0.697. The van der Waals surface area contributed by atoms with E-state index in [0.717, 1.165) is 11.1 Å². The van der Waals surface area contributed by atoms with Crippen LogP contribution in [0.15, 0.2) is 54.6 Å². The van der Waals surface area contributed by atoms with Crippen LogP contribution in [0.5, 0.6) is 0 Å². The first kappa shape index (κ1) is 19.1. The van der Waals surface area contributed by atoms with Gasteiger partial charge in [-0.15, -0.1) is 0 Å². The second kappa shape index (κ2) is 8.77. The molecule has 2 aromatic rings. The van der Waals surface area contributed by atoms with Crippen molar-refractivity contribution in [1.29, 1.82) is 0 Å². The molecule has 3 rings (SSSR count). The number of rotatable bonds is 4. The number of primary amides is 1. The average Bonchev–Trinajstić information content (AvgIpc) is 2.63. The number of hydrogen-bond donors (Lipinski definition) is 3. The number of benzene rings is 2. The van der Waals surface area contributed by atoms with Gasteiger partial charge in [-0.25, -0.2) is 9.59 Å². The van der Waals surface area contributed by atoms with Gasteiger partial charge in [0.1, 0.15) is 0 Å². The number of carbonyl (C=O) groups excluding carboxylic acids is 2. The summed E-state index contributed by atoms with van der Waals surface area (Å²) in [4.78, 5) is 32.5. The Morgan fingerprint density at radius 3 is 2.35 bits per heavy atom. The number of carbonyl (C=O) groups is 3. The molecule has 0 saturated heterocycles. The van der Waals surface area contributed by atoms with Gasteiger partial charge in [0.25, 0.3) is 0 Å². The first-order chi connectivity index (χ1) is 12.4. The van der Waals surface area contributed by atoms with Crippen LogP contribution in [0.1, 0.15) is 21.5 Å². The second-order valence-corrected chi connectivity index (χ2v) is 5.79. The fraction of sp³-hybridized carbons (Fsp3) is 0.211. The summed E-state index contributed by atoms with van der Waals surface area (Å²) in [6, 6.07) is 15.9. The van der Waals surface area contributed by atoms with E-state index in [1.165, 1.54) is 0 Å². The van der Waals surface area contributed by atoms with Gasteiger partial charge in [0, 0.05) is 6.42 Å². The highest BCUT2D eigenvalue weighted by atomic mass is 16.6. The van der Waals surface area contributed by atoms with Crippen LogP contribution in [0.25, 0.3) is 0 Å². The minimum atomic E-state index is -1.10. The summed E-state index contributed by atoms with van der Waals surface area (Å²) < 4.78 is 4.74. The van der Waals surface area contributed by atoms with Crippen molar-refractivity contribution in [3.05, 3.63) is 71.3 Å². The fourth-order valence-corrected chi connectivity index (χ4v) is 2.44. The topological polar surface area (TPSA) is 133 Å². The summed E-state index contributed by atoms with van der Waals surface area (Å²) in [6.45, 7) is 0. The molecule has 0 saturated carbocycles. The molecule has 0 aromatic heterocycles. The van der Waals surface area contributed by atoms with E-state index in [1.54, 1.807) is 24.3 Å². The largest absolute Gasteiger partial charge is 0.478 e. The number of carboxylic acids is 1. The molecule has 2 aromatic carbocycles. The SMILES string of the molecule is NC(=O)[C@H](N)Cc1ccccc1.O=C1O[C@H](C(=O)O)Cc2ccccc21. The van der Waals surface area contributed by atoms with E-state index >= 15 is 0 Å². The Bertz CT molecular complexity index is 792. The summed E-state index contributed by atoms with van der Waals surface area (Å²) in [5.41, 5.74) is 12.7. The van der Waals surface area contributed by atoms with E-state index in [9.17, 15) is 14.4 Å². The maximum Gasteiger partial charge on any atom is 0.345 e. The molecule has 0 aliphatic carbocycles. The molecule has 0 bridgehead atoms. The lowest BCUT2D eigenvalue weighted by molar-refractivity contribution is -0.147. The van der Waals surface area contributed by atoms with Gasteiger partial charge in [0.05, 0.1) is 11.6 Å². The van der Waals surface area contributed by atoms with Crippen LogP contribution in [0.3, 0.4) is 0 Å². The van der Waals surface area contributed by atoms with E-state index in [1.807, 2.05) is 30.3 Å². The smallest absolute Gasteiger partial charge is 0.345 e. The Labute approximate surface area is 150 Å². The lowest BCUT2D eigenvalue weighted by atomic mass is 9.99. The Kier molecular flexibility index (Phi) is 6.46. The number of esters is 1. The molecule has 1 aliphatic rings. The number of aliphatic carboxylic acids is 1. The molecule has 0 unspecified atom stereocenters. The molecule has 1 amide bonds. The first-order valence-corrected chi connectivity index (χ1v) is 7.99. The van der Waals surface area contributed by atoms with Gasteiger partial charge in [-0.05, 0) is 23.6 Å². The number of cyclic esters (lactones) is 1. The third-order valence-electron chi connectivity index (χ3n) is 3.83. The highest BCUT2D eigenvalue weighted by Gasteiger charge is 2.30. The van der Waals surface area contributed by atoms with Crippen molar-refractivity contribution < 1.29 is 24.2 Å². The maximum absolute atomic E-state index is 11.3. The number of carboxylic acid groups (broad SMARTS) is 1. The predicted octanol–water partition coefficient (Wildman–Crippen LogP) is 0.894. The lowest BCUT2D eigenvalue weighted by Gasteiger charge is -2.21. The van der Waals surface area contributed by atoms with Gasteiger partial charge in [-0.2, -0.15) is 0 Å². The summed E-state index contributed by atoms with van der Waals surface area (Å²) in [6.07, 6.45) is -0.287. The summed E-state index contributed by atoms with van der Waals surface area (Å²) in [5.74, 6) is -2.12. The Morgan fingerprint density at radius 1 is 1.12 bits per heavy atom. The molecular formula is C19H20N2O5. The van der Waals surface area contributed by atoms with Gasteiger partial charge >= 0.3 is 11.9 Å². The molecule has 26 heavy (non-hydrogen) atoms. The summed E-state index contributed by atoms with van der Waals surface area (Å²) in [5, 5.41) is 8.70. The minimum Gasteiger partial charge on any atom is -0.478 e. The highest BCUT2D eigenvalue weighted by molar-refractivity contribution is 5.94. The van der Waals surface area contributed by atoms with Gasteiger partial charge < -0.3 is 21.3 Å². The van der Waals surface area contributed by atoms with E-state index in [0.29, 0.717) is 12.0 Å². The van der Waals surface area contributed by atoms with E-state index in [2.05, 4.69) is 0 Å². The fourth-order valence-electron chi connectivity index (χ4n) is 2.44. The molecule has 0 fully saturated rings. The van der Waals surface area contributed by atoms with Crippen LogP contribution in [0.2, 0.25) is 0 Å². The number of amides is 1. The third kappa shape index (κ3) is 5.15. The van der Waals surface area contributed by atoms with Gasteiger partial charge in [0.15, 0.2) is 0 Å². The van der Waals surface area contributed by atoms with Crippen LogP contribution in [-0.4, -0.2) is 35.1 Å². The molecule has 1 heterocycles. The van der Waals surface area contributed by atoms with Gasteiger partial charge in [0.2, 0.25) is 12.0 Å². The number of hydrogen-bond acceptors (Lipinski definition) is 5. The normalized spacial score (nSPS) is 16.3. The summed E-state index contributed by atoms with van der Waals surface area (Å²) >= 11 is 0. The van der Waals surface area contributed by atoms with E-state index < -0.39 is 30.0 Å². The van der Waals surface area contributed by atoms with Crippen molar-refractivity contribution in [3.8, 4) is 0 Å². The number of nitrogens with two attached hydrogens (primary N) is 2. The Hall–Kier alpha value is -3.19. The molecular weight excluding hydrogens is 336 g/mol. The zero-order valence-corrected chi connectivity index (χ0v) is 14.0. The Morgan fingerprint density at radius 2 is 1.73 bits per heavy atom. The molecule has 7 heteroatoms. The number of fused-ring (bicyclic) bond motifs is 1. The van der Waals surface area contributed by atoms with Crippen molar-refractivity contribution in [2.24, 2.45) is 11.5 Å². The van der Waals surface area contributed by atoms with Crippen molar-refractivity contribution >= 4 is 17.8 Å². The highest BCUT2D eigenvalue weighted by Crippen LogP contribution is 2.20. The van der Waals surface area contributed by atoms with Gasteiger partial charge in [-0.1, -0.05) is 48.5 Å². The van der Waals surface area contributed by atoms with Crippen LogP contribution < -0.4 is 11.5 Å². The van der Waals surface area contributed by atoms with Crippen molar-refractivity contribution in [1.82, 2.24) is 0 Å². The first-order valence-electron chi connectivity index (χ1n) is 7.99. The molecule has 5 N–H and O–H groups in total. The second-order valence-electron chi connectivity index (χ2n) is 5.79. The van der Waals surface area contributed by atoms with Crippen LogP contribution >= 0.6 is 0 Å². The molecule has 136 valence electrons. The van der Waals surface area contributed by atoms with E-state index in [4.69, 9.17) is 21.3 Å². The zero-order chi connectivity index (χ0) is 19.1. The van der Waals surface area contributed by atoms with Crippen LogP contribution in [0.4, 0.5) is 0 Å². The zero-order valence-electron chi connectivity index (χ0n) is 14.0. The van der Waals surface area contributed by atoms with Crippen molar-refractivity contribution in [3.63, 3.8) is 0 Å². The third-order valence-corrected chi connectivity index (χ3v) is 3.83. The maximum atomic E-state index is 11.3.